The van der Waals surface area contributed by atoms with Gasteiger partial charge in [-0.3, -0.25) is 4.79 Å². The Labute approximate surface area is 166 Å². The van der Waals surface area contributed by atoms with Crippen LogP contribution in [0, 0.1) is 11.7 Å². The first-order valence-corrected chi connectivity index (χ1v) is 10.5. The van der Waals surface area contributed by atoms with Crippen molar-refractivity contribution in [1.82, 2.24) is 5.32 Å². The van der Waals surface area contributed by atoms with Gasteiger partial charge in [0.1, 0.15) is 5.82 Å². The second-order valence-corrected chi connectivity index (χ2v) is 8.40. The van der Waals surface area contributed by atoms with Crippen molar-refractivity contribution in [1.29, 1.82) is 0 Å². The van der Waals surface area contributed by atoms with Gasteiger partial charge in [-0.1, -0.05) is 12.1 Å². The standard InChI is InChI=1S/C20H22BrFN2OS/c21-18-3-1-2-4-19(18)26-12-10-20(25)23-13-15-9-11-24(14-15)17-7-5-16(22)6-8-17/h1-8,15H,9-14H2,(H,23,25). The van der Waals surface area contributed by atoms with Crippen LogP contribution >= 0.6 is 27.7 Å². The molecule has 0 aromatic heterocycles. The molecule has 1 atom stereocenters. The molecule has 0 radical (unpaired) electrons. The van der Waals surface area contributed by atoms with Gasteiger partial charge in [0.2, 0.25) is 5.91 Å². The number of nitrogens with zero attached hydrogens (tertiary/aromatic N) is 1. The Hall–Kier alpha value is -1.53. The van der Waals surface area contributed by atoms with Crippen molar-refractivity contribution < 1.29 is 9.18 Å². The minimum absolute atomic E-state index is 0.102. The zero-order chi connectivity index (χ0) is 18.4. The first-order chi connectivity index (χ1) is 12.6. The van der Waals surface area contributed by atoms with Gasteiger partial charge in [0.15, 0.2) is 0 Å². The maximum atomic E-state index is 13.0. The lowest BCUT2D eigenvalue weighted by atomic mass is 10.1. The summed E-state index contributed by atoms with van der Waals surface area (Å²) in [5.74, 6) is 1.10. The molecule has 0 aliphatic carbocycles. The number of benzene rings is 2. The van der Waals surface area contributed by atoms with E-state index in [0.29, 0.717) is 18.9 Å². The number of hydrogen-bond acceptors (Lipinski definition) is 3. The van der Waals surface area contributed by atoms with Gasteiger partial charge in [0, 0.05) is 46.9 Å². The van der Waals surface area contributed by atoms with Crippen LogP contribution in [0.25, 0.3) is 0 Å². The molecule has 138 valence electrons. The summed E-state index contributed by atoms with van der Waals surface area (Å²) < 4.78 is 14.1. The normalized spacial score (nSPS) is 16.7. The van der Waals surface area contributed by atoms with Crippen LogP contribution in [0.5, 0.6) is 0 Å². The molecule has 2 aromatic rings. The van der Waals surface area contributed by atoms with Crippen LogP contribution in [0.3, 0.4) is 0 Å². The quantitative estimate of drug-likeness (QED) is 0.637. The first kappa shape index (κ1) is 19.2. The highest BCUT2D eigenvalue weighted by Crippen LogP contribution is 2.27. The Balaban J connectivity index is 1.36. The lowest BCUT2D eigenvalue weighted by Gasteiger charge is -2.18. The van der Waals surface area contributed by atoms with E-state index in [2.05, 4.69) is 32.2 Å². The highest BCUT2D eigenvalue weighted by molar-refractivity contribution is 9.10. The zero-order valence-corrected chi connectivity index (χ0v) is 16.9. The lowest BCUT2D eigenvalue weighted by Crippen LogP contribution is -2.31. The molecule has 1 aliphatic rings. The topological polar surface area (TPSA) is 32.3 Å². The maximum absolute atomic E-state index is 13.0. The third-order valence-corrected chi connectivity index (χ3v) is 6.52. The van der Waals surface area contributed by atoms with E-state index in [1.807, 2.05) is 30.3 Å². The second-order valence-electron chi connectivity index (χ2n) is 6.41. The average Bonchev–Trinajstić information content (AvgIpc) is 3.11. The SMILES string of the molecule is O=C(CCSc1ccccc1Br)NCC1CCN(c2ccc(F)cc2)C1. The Kier molecular flexibility index (Phi) is 6.97. The van der Waals surface area contributed by atoms with Crippen molar-refractivity contribution >= 4 is 39.3 Å². The minimum atomic E-state index is -0.211. The van der Waals surface area contributed by atoms with Crippen LogP contribution in [-0.4, -0.2) is 31.3 Å². The predicted octanol–water partition coefficient (Wildman–Crippen LogP) is 4.71. The fourth-order valence-corrected chi connectivity index (χ4v) is 4.56. The van der Waals surface area contributed by atoms with Crippen molar-refractivity contribution in [3.05, 3.63) is 58.8 Å². The van der Waals surface area contributed by atoms with Gasteiger partial charge in [-0.2, -0.15) is 0 Å². The van der Waals surface area contributed by atoms with Gasteiger partial charge < -0.3 is 10.2 Å². The number of nitrogens with one attached hydrogen (secondary N) is 1. The molecule has 1 saturated heterocycles. The molecule has 3 rings (SSSR count). The monoisotopic (exact) mass is 436 g/mol. The number of carbonyl (C=O) groups excluding carboxylic acids is 1. The molecule has 1 aliphatic heterocycles. The molecule has 1 unspecified atom stereocenters. The van der Waals surface area contributed by atoms with Crippen molar-refractivity contribution in [3.63, 3.8) is 0 Å². The fourth-order valence-electron chi connectivity index (χ4n) is 3.05. The Morgan fingerprint density at radius 2 is 2.00 bits per heavy atom. The van der Waals surface area contributed by atoms with Crippen molar-refractivity contribution in [3.8, 4) is 0 Å². The van der Waals surface area contributed by atoms with Gasteiger partial charge in [-0.05, 0) is 64.7 Å². The van der Waals surface area contributed by atoms with Crippen LogP contribution in [-0.2, 0) is 4.79 Å². The Morgan fingerprint density at radius 1 is 1.23 bits per heavy atom. The van der Waals surface area contributed by atoms with Crippen LogP contribution in [0.4, 0.5) is 10.1 Å². The van der Waals surface area contributed by atoms with E-state index < -0.39 is 0 Å². The molecule has 6 heteroatoms. The van der Waals surface area contributed by atoms with Gasteiger partial charge in [0.25, 0.3) is 0 Å². The summed E-state index contributed by atoms with van der Waals surface area (Å²) in [5, 5.41) is 3.06. The molecule has 26 heavy (non-hydrogen) atoms. The van der Waals surface area contributed by atoms with E-state index >= 15 is 0 Å². The van der Waals surface area contributed by atoms with Crippen LogP contribution in [0.2, 0.25) is 0 Å². The smallest absolute Gasteiger partial charge is 0.220 e. The minimum Gasteiger partial charge on any atom is -0.371 e. The first-order valence-electron chi connectivity index (χ1n) is 8.76. The molecule has 1 N–H and O–H groups in total. The van der Waals surface area contributed by atoms with Crippen molar-refractivity contribution in [2.45, 2.75) is 17.7 Å². The van der Waals surface area contributed by atoms with Gasteiger partial charge in [-0.25, -0.2) is 4.39 Å². The highest BCUT2D eigenvalue weighted by atomic mass is 79.9. The Bertz CT molecular complexity index is 741. The van der Waals surface area contributed by atoms with E-state index in [1.165, 1.54) is 12.1 Å². The molecule has 1 fully saturated rings. The predicted molar refractivity (Wildman–Crippen MR) is 109 cm³/mol. The number of halogens is 2. The van der Waals surface area contributed by atoms with Gasteiger partial charge in [-0.15, -0.1) is 11.8 Å². The molecule has 0 spiro atoms. The van der Waals surface area contributed by atoms with Gasteiger partial charge >= 0.3 is 0 Å². The summed E-state index contributed by atoms with van der Waals surface area (Å²) in [5.41, 5.74) is 1.05. The fraction of sp³-hybridized carbons (Fsp3) is 0.350. The molecule has 1 amide bonds. The molecular weight excluding hydrogens is 415 g/mol. The lowest BCUT2D eigenvalue weighted by molar-refractivity contribution is -0.120. The molecular formula is C20H22BrFN2OS. The summed E-state index contributed by atoms with van der Waals surface area (Å²) in [6.45, 7) is 2.55. The third-order valence-electron chi connectivity index (χ3n) is 4.49. The van der Waals surface area contributed by atoms with Gasteiger partial charge in [0.05, 0.1) is 0 Å². The van der Waals surface area contributed by atoms with E-state index in [-0.39, 0.29) is 11.7 Å². The zero-order valence-electron chi connectivity index (χ0n) is 14.5. The highest BCUT2D eigenvalue weighted by Gasteiger charge is 2.23. The summed E-state index contributed by atoms with van der Waals surface area (Å²) in [6, 6.07) is 14.7. The summed E-state index contributed by atoms with van der Waals surface area (Å²) in [7, 11) is 0. The number of amides is 1. The number of hydrogen-bond donors (Lipinski definition) is 1. The van der Waals surface area contributed by atoms with Crippen LogP contribution in [0.1, 0.15) is 12.8 Å². The molecule has 2 aromatic carbocycles. The molecule has 0 saturated carbocycles. The number of thioether (sulfide) groups is 1. The number of rotatable bonds is 7. The summed E-state index contributed by atoms with van der Waals surface area (Å²) in [4.78, 5) is 15.5. The largest absolute Gasteiger partial charge is 0.371 e. The van der Waals surface area contributed by atoms with Crippen LogP contribution in [0.15, 0.2) is 57.9 Å². The van der Waals surface area contributed by atoms with E-state index in [4.69, 9.17) is 0 Å². The second kappa shape index (κ2) is 9.42. The van der Waals surface area contributed by atoms with Crippen molar-refractivity contribution in [2.75, 3.05) is 30.3 Å². The summed E-state index contributed by atoms with van der Waals surface area (Å²) >= 11 is 5.21. The van der Waals surface area contributed by atoms with Crippen LogP contribution < -0.4 is 10.2 Å². The van der Waals surface area contributed by atoms with E-state index in [9.17, 15) is 9.18 Å². The average molecular weight is 437 g/mol. The third kappa shape index (κ3) is 5.48. The number of anilines is 1. The molecule has 3 nitrogen and oxygen atoms in total. The molecule has 1 heterocycles. The van der Waals surface area contributed by atoms with E-state index in [1.54, 1.807) is 11.8 Å². The maximum Gasteiger partial charge on any atom is 0.220 e. The number of carbonyl (C=O) groups is 1. The Morgan fingerprint density at radius 3 is 2.77 bits per heavy atom. The van der Waals surface area contributed by atoms with Crippen molar-refractivity contribution in [2.24, 2.45) is 5.92 Å². The van der Waals surface area contributed by atoms with E-state index in [0.717, 1.165) is 40.3 Å². The molecule has 0 bridgehead atoms. The summed E-state index contributed by atoms with van der Waals surface area (Å²) in [6.07, 6.45) is 1.56.